The van der Waals surface area contributed by atoms with E-state index in [2.05, 4.69) is 84.9 Å². The molecule has 0 atom stereocenters. The second-order valence-corrected chi connectivity index (χ2v) is 8.46. The van der Waals surface area contributed by atoms with Crippen molar-refractivity contribution in [3.8, 4) is 0 Å². The minimum atomic E-state index is -0.171. The predicted molar refractivity (Wildman–Crippen MR) is 110 cm³/mol. The van der Waals surface area contributed by atoms with Crippen LogP contribution in [0.3, 0.4) is 0 Å². The number of rotatable bonds is 2. The summed E-state index contributed by atoms with van der Waals surface area (Å²) < 4.78 is 0. The lowest BCUT2D eigenvalue weighted by Crippen LogP contribution is -2.22. The SMILES string of the molecule is CC1=C(C)C(c2cc3ccccc3cc2C(=N)C(C)(C)C)C(C)=C1C. The fourth-order valence-electron chi connectivity index (χ4n) is 3.93. The van der Waals surface area contributed by atoms with Crippen LogP contribution in [0.15, 0.2) is 58.7 Å². The van der Waals surface area contributed by atoms with Gasteiger partial charge in [0.1, 0.15) is 0 Å². The van der Waals surface area contributed by atoms with Crippen molar-refractivity contribution >= 4 is 16.5 Å². The molecule has 0 spiro atoms. The largest absolute Gasteiger partial charge is 0.304 e. The fourth-order valence-corrected chi connectivity index (χ4v) is 3.93. The average Bonchev–Trinajstić information content (AvgIpc) is 2.75. The number of hydrogen-bond donors (Lipinski definition) is 1. The lowest BCUT2D eigenvalue weighted by atomic mass is 9.78. The zero-order valence-electron chi connectivity index (χ0n) is 16.5. The van der Waals surface area contributed by atoms with E-state index < -0.39 is 0 Å². The first-order chi connectivity index (χ1) is 11.6. The highest BCUT2D eigenvalue weighted by Crippen LogP contribution is 2.45. The zero-order valence-corrected chi connectivity index (χ0v) is 16.5. The molecule has 1 aliphatic carbocycles. The van der Waals surface area contributed by atoms with E-state index in [9.17, 15) is 0 Å². The number of allylic oxidation sites excluding steroid dienone is 4. The molecule has 0 unspecified atom stereocenters. The van der Waals surface area contributed by atoms with Crippen LogP contribution in [0.4, 0.5) is 0 Å². The zero-order chi connectivity index (χ0) is 18.5. The molecule has 0 aromatic heterocycles. The molecule has 25 heavy (non-hydrogen) atoms. The third-order valence-corrected chi connectivity index (χ3v) is 5.86. The van der Waals surface area contributed by atoms with Crippen molar-refractivity contribution in [2.75, 3.05) is 0 Å². The van der Waals surface area contributed by atoms with Gasteiger partial charge in [-0.15, -0.1) is 0 Å². The Morgan fingerprint density at radius 2 is 1.32 bits per heavy atom. The van der Waals surface area contributed by atoms with Gasteiger partial charge in [0, 0.05) is 22.6 Å². The van der Waals surface area contributed by atoms with E-state index >= 15 is 0 Å². The van der Waals surface area contributed by atoms with Crippen LogP contribution >= 0.6 is 0 Å². The van der Waals surface area contributed by atoms with E-state index in [1.807, 2.05) is 0 Å². The topological polar surface area (TPSA) is 23.9 Å². The van der Waals surface area contributed by atoms with Crippen molar-refractivity contribution in [3.63, 3.8) is 0 Å². The van der Waals surface area contributed by atoms with Gasteiger partial charge in [-0.05, 0) is 67.3 Å². The van der Waals surface area contributed by atoms with Gasteiger partial charge in [0.05, 0.1) is 0 Å². The van der Waals surface area contributed by atoms with E-state index in [1.54, 1.807) is 0 Å². The molecule has 1 nitrogen and oxygen atoms in total. The van der Waals surface area contributed by atoms with E-state index in [4.69, 9.17) is 5.41 Å². The second kappa shape index (κ2) is 5.98. The number of hydrogen-bond acceptors (Lipinski definition) is 1. The van der Waals surface area contributed by atoms with Gasteiger partial charge in [0.2, 0.25) is 0 Å². The van der Waals surface area contributed by atoms with Crippen LogP contribution in [0.2, 0.25) is 0 Å². The first-order valence-corrected chi connectivity index (χ1v) is 9.10. The minimum absolute atomic E-state index is 0.171. The van der Waals surface area contributed by atoms with Crippen molar-refractivity contribution in [3.05, 3.63) is 69.8 Å². The maximum Gasteiger partial charge on any atom is 0.0442 e. The van der Waals surface area contributed by atoms with E-state index in [1.165, 1.54) is 38.6 Å². The first-order valence-electron chi connectivity index (χ1n) is 9.10. The summed E-state index contributed by atoms with van der Waals surface area (Å²) in [5, 5.41) is 11.3. The predicted octanol–water partition coefficient (Wildman–Crippen LogP) is 7.02. The molecule has 0 saturated heterocycles. The molecule has 0 amide bonds. The minimum Gasteiger partial charge on any atom is -0.304 e. The lowest BCUT2D eigenvalue weighted by molar-refractivity contribution is 0.588. The lowest BCUT2D eigenvalue weighted by Gasteiger charge is -2.26. The van der Waals surface area contributed by atoms with Gasteiger partial charge in [-0.1, -0.05) is 56.2 Å². The molecule has 2 aromatic carbocycles. The van der Waals surface area contributed by atoms with Gasteiger partial charge in [0.15, 0.2) is 0 Å². The molecule has 130 valence electrons. The highest BCUT2D eigenvalue weighted by Gasteiger charge is 2.30. The highest BCUT2D eigenvalue weighted by atomic mass is 14.5. The van der Waals surface area contributed by atoms with Crippen LogP contribution in [0.1, 0.15) is 65.5 Å². The van der Waals surface area contributed by atoms with Crippen LogP contribution in [-0.2, 0) is 0 Å². The molecule has 0 heterocycles. The van der Waals surface area contributed by atoms with Gasteiger partial charge in [-0.3, -0.25) is 0 Å². The molecule has 1 aliphatic rings. The van der Waals surface area contributed by atoms with Gasteiger partial charge < -0.3 is 5.41 Å². The molecule has 1 heteroatoms. The standard InChI is InChI=1S/C24H29N/c1-14-15(2)17(4)22(16(14)3)20-12-18-10-8-9-11-19(18)13-21(20)23(25)24(5,6)7/h8-13,22,25H,1-7H3. The summed E-state index contributed by atoms with van der Waals surface area (Å²) in [4.78, 5) is 0. The Hall–Kier alpha value is -2.15. The Balaban J connectivity index is 2.32. The smallest absolute Gasteiger partial charge is 0.0442 e. The van der Waals surface area contributed by atoms with Crippen molar-refractivity contribution in [1.82, 2.24) is 0 Å². The van der Waals surface area contributed by atoms with Crippen molar-refractivity contribution in [1.29, 1.82) is 5.41 Å². The Morgan fingerprint density at radius 3 is 1.80 bits per heavy atom. The molecule has 3 rings (SSSR count). The molecular formula is C24H29N. The number of benzene rings is 2. The van der Waals surface area contributed by atoms with E-state index in [0.717, 1.165) is 11.3 Å². The van der Waals surface area contributed by atoms with E-state index in [0.29, 0.717) is 5.92 Å². The molecule has 0 fully saturated rings. The van der Waals surface area contributed by atoms with Crippen LogP contribution in [0.5, 0.6) is 0 Å². The van der Waals surface area contributed by atoms with Crippen LogP contribution in [0, 0.1) is 10.8 Å². The monoisotopic (exact) mass is 331 g/mol. The quantitative estimate of drug-likeness (QED) is 0.571. The van der Waals surface area contributed by atoms with Gasteiger partial charge >= 0.3 is 0 Å². The van der Waals surface area contributed by atoms with Crippen LogP contribution < -0.4 is 0 Å². The van der Waals surface area contributed by atoms with Crippen molar-refractivity contribution in [2.45, 2.75) is 54.4 Å². The average molecular weight is 332 g/mol. The second-order valence-electron chi connectivity index (χ2n) is 8.46. The summed E-state index contributed by atoms with van der Waals surface area (Å²) in [6.45, 7) is 15.3. The molecule has 0 saturated carbocycles. The maximum atomic E-state index is 8.86. The third kappa shape index (κ3) is 2.86. The summed E-state index contributed by atoms with van der Waals surface area (Å²) >= 11 is 0. The number of fused-ring (bicyclic) bond motifs is 1. The van der Waals surface area contributed by atoms with Gasteiger partial charge in [-0.25, -0.2) is 0 Å². The summed E-state index contributed by atoms with van der Waals surface area (Å²) in [5.74, 6) is 0.294. The van der Waals surface area contributed by atoms with E-state index in [-0.39, 0.29) is 5.41 Å². The highest BCUT2D eigenvalue weighted by molar-refractivity contribution is 6.06. The summed E-state index contributed by atoms with van der Waals surface area (Å²) in [6, 6.07) is 13.0. The molecular weight excluding hydrogens is 302 g/mol. The summed E-state index contributed by atoms with van der Waals surface area (Å²) in [6.07, 6.45) is 0. The molecule has 2 aromatic rings. The molecule has 1 N–H and O–H groups in total. The normalized spacial score (nSPS) is 16.3. The Labute approximate surface area is 152 Å². The van der Waals surface area contributed by atoms with Crippen molar-refractivity contribution < 1.29 is 0 Å². The Bertz CT molecular complexity index is 908. The van der Waals surface area contributed by atoms with Crippen molar-refractivity contribution in [2.24, 2.45) is 5.41 Å². The summed E-state index contributed by atoms with van der Waals surface area (Å²) in [5.41, 5.74) is 8.59. The Morgan fingerprint density at radius 1 is 0.840 bits per heavy atom. The molecule has 0 bridgehead atoms. The van der Waals surface area contributed by atoms with Gasteiger partial charge in [-0.2, -0.15) is 0 Å². The van der Waals surface area contributed by atoms with Crippen LogP contribution in [0.25, 0.3) is 10.8 Å². The number of nitrogens with one attached hydrogen (secondary N) is 1. The maximum absolute atomic E-state index is 8.86. The molecule has 0 aliphatic heterocycles. The van der Waals surface area contributed by atoms with Gasteiger partial charge in [0.25, 0.3) is 0 Å². The Kier molecular flexibility index (Phi) is 4.23. The first kappa shape index (κ1) is 17.7. The van der Waals surface area contributed by atoms with Crippen LogP contribution in [-0.4, -0.2) is 5.71 Å². The third-order valence-electron chi connectivity index (χ3n) is 5.86. The molecule has 0 radical (unpaired) electrons. The summed E-state index contributed by atoms with van der Waals surface area (Å²) in [7, 11) is 0. The fraction of sp³-hybridized carbons (Fsp3) is 0.375.